The van der Waals surface area contributed by atoms with Gasteiger partial charge in [-0.25, -0.2) is 4.79 Å². The highest BCUT2D eigenvalue weighted by atomic mass is 16.6. The van der Waals surface area contributed by atoms with Gasteiger partial charge in [0, 0.05) is 7.11 Å². The van der Waals surface area contributed by atoms with Crippen molar-refractivity contribution in [3.8, 4) is 0 Å². The normalized spacial score (nSPS) is 39.3. The van der Waals surface area contributed by atoms with Crippen LogP contribution in [0, 0.1) is 0 Å². The van der Waals surface area contributed by atoms with E-state index in [1.807, 2.05) is 0 Å². The van der Waals surface area contributed by atoms with Crippen molar-refractivity contribution in [2.45, 2.75) is 74.4 Å². The molecule has 32 heavy (non-hydrogen) atoms. The number of nitrogens with one attached hydrogen (secondary N) is 1. The third-order valence-corrected chi connectivity index (χ3v) is 5.43. The van der Waals surface area contributed by atoms with E-state index in [0.717, 1.165) is 7.11 Å². The fraction of sp³-hybridized carbons (Fsp3) is 0.833. The number of amides is 1. The highest BCUT2D eigenvalue weighted by Crippen LogP contribution is 2.32. The summed E-state index contributed by atoms with van der Waals surface area (Å²) in [5.41, 5.74) is -1.40. The molecule has 0 spiro atoms. The van der Waals surface area contributed by atoms with Crippen molar-refractivity contribution in [2.75, 3.05) is 20.3 Å². The zero-order valence-corrected chi connectivity index (χ0v) is 17.7. The summed E-state index contributed by atoms with van der Waals surface area (Å²) in [6, 6.07) is 0. The van der Waals surface area contributed by atoms with Gasteiger partial charge in [0.25, 0.3) is 5.91 Å². The summed E-state index contributed by atoms with van der Waals surface area (Å²) >= 11 is 0. The number of carbonyl (C=O) groups is 3. The van der Waals surface area contributed by atoms with Gasteiger partial charge in [0.2, 0.25) is 0 Å². The minimum Gasteiger partial charge on any atom is -0.480 e. The number of hydrogen-bond acceptors (Lipinski definition) is 11. The highest BCUT2D eigenvalue weighted by Gasteiger charge is 2.53. The number of carbonyl (C=O) groups excluding carboxylic acids is 1. The number of aliphatic hydroxyl groups is 4. The van der Waals surface area contributed by atoms with E-state index in [0.29, 0.717) is 0 Å². The largest absolute Gasteiger partial charge is 0.480 e. The lowest BCUT2D eigenvalue weighted by Crippen LogP contribution is -2.67. The van der Waals surface area contributed by atoms with Crippen LogP contribution in [0.15, 0.2) is 0 Å². The van der Waals surface area contributed by atoms with Crippen LogP contribution in [-0.4, -0.2) is 129 Å². The summed E-state index contributed by atoms with van der Waals surface area (Å²) < 4.78 is 21.2. The van der Waals surface area contributed by atoms with Crippen LogP contribution in [-0.2, 0) is 33.3 Å². The van der Waals surface area contributed by atoms with E-state index in [4.69, 9.17) is 24.1 Å². The lowest BCUT2D eigenvalue weighted by atomic mass is 9.87. The third kappa shape index (κ3) is 5.52. The second-order valence-corrected chi connectivity index (χ2v) is 8.10. The van der Waals surface area contributed by atoms with E-state index < -0.39 is 91.5 Å². The van der Waals surface area contributed by atoms with E-state index in [1.165, 1.54) is 13.8 Å². The quantitative estimate of drug-likeness (QED) is 0.181. The Bertz CT molecular complexity index is 700. The second kappa shape index (κ2) is 10.4. The Morgan fingerprint density at radius 2 is 1.59 bits per heavy atom. The standard InChI is InChI=1S/C18H29NO13/c1-18(2)15(25)10(24)12(13(32-18)16(26)19-4-7(20)21)30-5-6-8(22)9(23)11(29-3)14(31-6)17(27)28/h6,8-15,22-25H,4-5H2,1-3H3,(H,19,26)(H,20,21)(H,27,28)/t6?,8?,9?,10?,11?,12-,13-,14?,15+/m0/s1. The first-order chi connectivity index (χ1) is 14.8. The number of aliphatic carboxylic acids is 2. The van der Waals surface area contributed by atoms with Gasteiger partial charge in [0.1, 0.15) is 49.3 Å². The molecule has 0 aromatic heterocycles. The molecule has 2 saturated heterocycles. The summed E-state index contributed by atoms with van der Waals surface area (Å²) in [4.78, 5) is 34.6. The first-order valence-corrected chi connectivity index (χ1v) is 9.74. The number of ether oxygens (including phenoxy) is 4. The van der Waals surface area contributed by atoms with Gasteiger partial charge in [0.05, 0.1) is 12.2 Å². The zero-order valence-electron chi connectivity index (χ0n) is 17.7. The highest BCUT2D eigenvalue weighted by molar-refractivity contribution is 5.85. The van der Waals surface area contributed by atoms with Crippen LogP contribution in [0.25, 0.3) is 0 Å². The maximum absolute atomic E-state index is 12.5. The van der Waals surface area contributed by atoms with Crippen LogP contribution in [0.3, 0.4) is 0 Å². The second-order valence-electron chi connectivity index (χ2n) is 8.10. The van der Waals surface area contributed by atoms with Gasteiger partial charge < -0.3 is 54.9 Å². The van der Waals surface area contributed by atoms with Gasteiger partial charge >= 0.3 is 11.9 Å². The Morgan fingerprint density at radius 3 is 2.12 bits per heavy atom. The topological polar surface area (TPSA) is 222 Å². The predicted molar refractivity (Wildman–Crippen MR) is 100 cm³/mol. The molecular formula is C18H29NO13. The molecule has 2 fully saturated rings. The number of methoxy groups -OCH3 is 1. The molecule has 0 aliphatic carbocycles. The van der Waals surface area contributed by atoms with Crippen LogP contribution in [0.4, 0.5) is 0 Å². The minimum absolute atomic E-state index is 0.612. The molecule has 0 aromatic rings. The SMILES string of the molecule is COC1C(C(=O)O)OC(CO[C@H]2C(O)[C@@H](O)C(C)(C)O[C@@H]2C(=O)NCC(=O)O)C(O)C1O. The Kier molecular flexibility index (Phi) is 8.52. The van der Waals surface area contributed by atoms with E-state index in [9.17, 15) is 39.9 Å². The number of carboxylic acid groups (broad SMARTS) is 2. The van der Waals surface area contributed by atoms with Gasteiger partial charge in [-0.3, -0.25) is 9.59 Å². The van der Waals surface area contributed by atoms with Crippen LogP contribution >= 0.6 is 0 Å². The number of carboxylic acids is 2. The Balaban J connectivity index is 2.18. The van der Waals surface area contributed by atoms with Crippen molar-refractivity contribution in [2.24, 2.45) is 0 Å². The summed E-state index contributed by atoms with van der Waals surface area (Å²) in [5.74, 6) is -3.73. The molecular weight excluding hydrogens is 438 g/mol. The predicted octanol–water partition coefficient (Wildman–Crippen LogP) is -3.94. The average Bonchev–Trinajstić information content (AvgIpc) is 2.71. The van der Waals surface area contributed by atoms with Gasteiger partial charge in [-0.05, 0) is 13.8 Å². The van der Waals surface area contributed by atoms with Gasteiger partial charge in [-0.15, -0.1) is 0 Å². The van der Waals surface area contributed by atoms with Crippen molar-refractivity contribution in [3.05, 3.63) is 0 Å². The molecule has 14 heteroatoms. The molecule has 6 unspecified atom stereocenters. The fourth-order valence-corrected chi connectivity index (χ4v) is 3.63. The number of hydrogen-bond donors (Lipinski definition) is 7. The maximum Gasteiger partial charge on any atom is 0.335 e. The molecule has 9 atom stereocenters. The fourth-order valence-electron chi connectivity index (χ4n) is 3.63. The molecule has 7 N–H and O–H groups in total. The smallest absolute Gasteiger partial charge is 0.335 e. The van der Waals surface area contributed by atoms with Crippen LogP contribution in [0.2, 0.25) is 0 Å². The minimum atomic E-state index is -1.67. The summed E-state index contributed by atoms with van der Waals surface area (Å²) in [7, 11) is 1.13. The Labute approximate surface area is 182 Å². The van der Waals surface area contributed by atoms with Crippen molar-refractivity contribution in [3.63, 3.8) is 0 Å². The molecule has 2 aliphatic heterocycles. The van der Waals surface area contributed by atoms with E-state index >= 15 is 0 Å². The molecule has 0 aromatic carbocycles. The van der Waals surface area contributed by atoms with Crippen LogP contribution in [0.5, 0.6) is 0 Å². The van der Waals surface area contributed by atoms with E-state index in [2.05, 4.69) is 5.32 Å². The van der Waals surface area contributed by atoms with Gasteiger partial charge in [-0.2, -0.15) is 0 Å². The lowest BCUT2D eigenvalue weighted by Gasteiger charge is -2.47. The molecule has 2 aliphatic rings. The zero-order chi connectivity index (χ0) is 24.4. The third-order valence-electron chi connectivity index (χ3n) is 5.43. The molecule has 0 bridgehead atoms. The number of rotatable bonds is 8. The number of aliphatic hydroxyl groups excluding tert-OH is 4. The van der Waals surface area contributed by atoms with Crippen molar-refractivity contribution in [1.82, 2.24) is 5.32 Å². The Hall–Kier alpha value is -1.91. The van der Waals surface area contributed by atoms with Crippen LogP contribution < -0.4 is 5.32 Å². The molecule has 14 nitrogen and oxygen atoms in total. The molecule has 0 saturated carbocycles. The van der Waals surface area contributed by atoms with E-state index in [-0.39, 0.29) is 0 Å². The average molecular weight is 467 g/mol. The van der Waals surface area contributed by atoms with Gasteiger partial charge in [0.15, 0.2) is 12.2 Å². The monoisotopic (exact) mass is 467 g/mol. The Morgan fingerprint density at radius 1 is 0.969 bits per heavy atom. The summed E-state index contributed by atoms with van der Waals surface area (Å²) in [6.45, 7) is 1.46. The van der Waals surface area contributed by atoms with Crippen molar-refractivity contribution >= 4 is 17.8 Å². The van der Waals surface area contributed by atoms with Gasteiger partial charge in [-0.1, -0.05) is 0 Å². The molecule has 2 rings (SSSR count). The maximum atomic E-state index is 12.5. The lowest BCUT2D eigenvalue weighted by molar-refractivity contribution is -0.277. The molecule has 0 radical (unpaired) electrons. The van der Waals surface area contributed by atoms with E-state index in [1.54, 1.807) is 0 Å². The van der Waals surface area contributed by atoms with Crippen molar-refractivity contribution in [1.29, 1.82) is 0 Å². The first kappa shape index (κ1) is 26.3. The summed E-state index contributed by atoms with van der Waals surface area (Å²) in [5, 5.41) is 61.4. The summed E-state index contributed by atoms with van der Waals surface area (Å²) in [6.07, 6.45) is -14.0. The molecule has 1 amide bonds. The molecule has 2 heterocycles. The van der Waals surface area contributed by atoms with Crippen LogP contribution in [0.1, 0.15) is 13.8 Å². The van der Waals surface area contributed by atoms with Crippen molar-refractivity contribution < 1.29 is 64.0 Å². The first-order valence-electron chi connectivity index (χ1n) is 9.74. The molecule has 184 valence electrons.